The predicted molar refractivity (Wildman–Crippen MR) is 99.7 cm³/mol. The molecule has 2 atom stereocenters. The lowest BCUT2D eigenvalue weighted by Gasteiger charge is -2.39. The van der Waals surface area contributed by atoms with Gasteiger partial charge in [0.05, 0.1) is 6.04 Å². The zero-order valence-corrected chi connectivity index (χ0v) is 17.0. The predicted octanol–water partition coefficient (Wildman–Crippen LogP) is 4.80. The smallest absolute Gasteiger partial charge is 0.411 e. The maximum Gasteiger partial charge on any atom is 0.411 e. The van der Waals surface area contributed by atoms with Gasteiger partial charge in [0, 0.05) is 10.0 Å². The number of halogens is 1. The van der Waals surface area contributed by atoms with E-state index in [0.717, 1.165) is 10.9 Å². The summed E-state index contributed by atoms with van der Waals surface area (Å²) in [7, 11) is 0. The monoisotopic (exact) mass is 411 g/mol. The minimum absolute atomic E-state index is 0.441. The summed E-state index contributed by atoms with van der Waals surface area (Å²) in [4.78, 5) is 26.5. The molecule has 138 valence electrons. The fraction of sp³-hybridized carbons (Fsp3) is 0.579. The molecular weight excluding hydrogens is 386 g/mol. The van der Waals surface area contributed by atoms with Crippen molar-refractivity contribution < 1.29 is 19.4 Å². The van der Waals surface area contributed by atoms with Crippen LogP contribution in [0.25, 0.3) is 0 Å². The van der Waals surface area contributed by atoms with Gasteiger partial charge >= 0.3 is 12.1 Å². The number of nitrogens with zero attached hydrogens (tertiary/aromatic N) is 1. The molecule has 6 heteroatoms. The molecule has 2 rings (SSSR count). The Bertz CT molecular complexity index is 648. The third-order valence-electron chi connectivity index (χ3n) is 4.51. The van der Waals surface area contributed by atoms with Gasteiger partial charge in [-0.05, 0) is 65.2 Å². The summed E-state index contributed by atoms with van der Waals surface area (Å²) in [6.07, 6.45) is 0.902. The van der Waals surface area contributed by atoms with E-state index in [-0.39, 0.29) is 0 Å². The molecule has 0 unspecified atom stereocenters. The van der Waals surface area contributed by atoms with E-state index >= 15 is 0 Å². The van der Waals surface area contributed by atoms with Crippen LogP contribution in [0.1, 0.15) is 58.9 Å². The van der Waals surface area contributed by atoms with Gasteiger partial charge in [-0.15, -0.1) is 0 Å². The lowest BCUT2D eigenvalue weighted by atomic mass is 9.90. The molecule has 1 aromatic carbocycles. The van der Waals surface area contributed by atoms with Gasteiger partial charge in [0.1, 0.15) is 11.5 Å². The molecule has 5 nitrogen and oxygen atoms in total. The Balaban J connectivity index is 2.40. The van der Waals surface area contributed by atoms with E-state index in [1.807, 2.05) is 46.8 Å². The Morgan fingerprint density at radius 3 is 2.32 bits per heavy atom. The maximum absolute atomic E-state index is 12.8. The van der Waals surface area contributed by atoms with Gasteiger partial charge in [-0.2, -0.15) is 0 Å². The maximum atomic E-state index is 12.8. The first kappa shape index (κ1) is 19.8. The molecule has 25 heavy (non-hydrogen) atoms. The van der Waals surface area contributed by atoms with E-state index in [2.05, 4.69) is 15.9 Å². The summed E-state index contributed by atoms with van der Waals surface area (Å²) in [5.74, 6) is -1.72. The van der Waals surface area contributed by atoms with Gasteiger partial charge in [0.25, 0.3) is 0 Å². The van der Waals surface area contributed by atoms with Gasteiger partial charge in [-0.25, -0.2) is 4.79 Å². The number of ether oxygens (including phenoxy) is 1. The van der Waals surface area contributed by atoms with Crippen molar-refractivity contribution in [1.29, 1.82) is 0 Å². The van der Waals surface area contributed by atoms with Crippen molar-refractivity contribution in [3.8, 4) is 0 Å². The molecule has 0 bridgehead atoms. The summed E-state index contributed by atoms with van der Waals surface area (Å²) in [5, 5.41) is 9.87. The number of carbonyl (C=O) groups excluding carboxylic acids is 1. The number of carboxylic acids is 1. The number of amides is 1. The fourth-order valence-corrected chi connectivity index (χ4v) is 3.67. The highest BCUT2D eigenvalue weighted by atomic mass is 79.9. The first-order valence-electron chi connectivity index (χ1n) is 8.43. The average Bonchev–Trinajstić information content (AvgIpc) is 2.74. The normalized spacial score (nSPS) is 21.0. The van der Waals surface area contributed by atoms with Gasteiger partial charge in [0.2, 0.25) is 0 Å². The second-order valence-corrected chi connectivity index (χ2v) is 9.05. The molecule has 0 spiro atoms. The van der Waals surface area contributed by atoms with E-state index in [1.165, 1.54) is 0 Å². The van der Waals surface area contributed by atoms with Crippen LogP contribution in [0.5, 0.6) is 0 Å². The number of hydrogen-bond acceptors (Lipinski definition) is 3. The minimum atomic E-state index is -0.932. The van der Waals surface area contributed by atoms with Gasteiger partial charge in [0.15, 0.2) is 0 Å². The van der Waals surface area contributed by atoms with E-state index in [1.54, 1.807) is 17.0 Å². The van der Waals surface area contributed by atoms with Crippen molar-refractivity contribution in [3.63, 3.8) is 0 Å². The Hall–Kier alpha value is -1.56. The van der Waals surface area contributed by atoms with Crippen molar-refractivity contribution in [2.45, 2.75) is 70.6 Å². The van der Waals surface area contributed by atoms with Crippen LogP contribution in [-0.4, -0.2) is 39.3 Å². The molecule has 1 amide bonds. The third-order valence-corrected chi connectivity index (χ3v) is 5.03. The summed E-state index contributed by atoms with van der Waals surface area (Å²) >= 11 is 3.37. The number of likely N-dealkylation sites (tertiary alicyclic amines) is 1. The van der Waals surface area contributed by atoms with Gasteiger partial charge < -0.3 is 9.84 Å². The summed E-state index contributed by atoms with van der Waals surface area (Å²) < 4.78 is 6.44. The molecule has 1 aliphatic rings. The van der Waals surface area contributed by atoms with E-state index in [4.69, 9.17) is 4.74 Å². The molecule has 0 saturated carbocycles. The number of aliphatic carboxylic acids is 1. The Morgan fingerprint density at radius 2 is 1.84 bits per heavy atom. The van der Waals surface area contributed by atoms with Crippen LogP contribution >= 0.6 is 15.9 Å². The van der Waals surface area contributed by atoms with Crippen LogP contribution < -0.4 is 0 Å². The van der Waals surface area contributed by atoms with Crippen molar-refractivity contribution in [2.75, 3.05) is 0 Å². The second-order valence-electron chi connectivity index (χ2n) is 8.14. The fourth-order valence-electron chi connectivity index (χ4n) is 3.41. The molecule has 0 radical (unpaired) electrons. The SMILES string of the molecule is CC(C)(C)OC(=O)N1[C@H]([C@@H](C(=O)O)c2ccc(Br)cc2)CCC1(C)C. The molecule has 0 aliphatic carbocycles. The third kappa shape index (κ3) is 4.54. The number of hydrogen-bond donors (Lipinski definition) is 1. The molecule has 0 aromatic heterocycles. The summed E-state index contributed by atoms with van der Waals surface area (Å²) in [6, 6.07) is 6.79. The highest BCUT2D eigenvalue weighted by molar-refractivity contribution is 9.10. The lowest BCUT2D eigenvalue weighted by Crippen LogP contribution is -2.51. The number of carboxylic acid groups (broad SMARTS) is 1. The second kappa shape index (κ2) is 6.98. The van der Waals surface area contributed by atoms with Crippen LogP contribution in [0.15, 0.2) is 28.7 Å². The standard InChI is InChI=1S/C19H26BrNO4/c1-18(2,3)25-17(24)21-14(10-11-19(21,4)5)15(16(22)23)12-6-8-13(20)9-7-12/h6-9,14-15H,10-11H2,1-5H3,(H,22,23)/t14-,15-/m0/s1. The molecule has 1 heterocycles. The van der Waals surface area contributed by atoms with E-state index < -0.39 is 35.2 Å². The summed E-state index contributed by atoms with van der Waals surface area (Å²) in [5.41, 5.74) is -0.390. The lowest BCUT2D eigenvalue weighted by molar-refractivity contribution is -0.140. The molecular formula is C19H26BrNO4. The van der Waals surface area contributed by atoms with Crippen molar-refractivity contribution in [3.05, 3.63) is 34.3 Å². The number of rotatable bonds is 3. The van der Waals surface area contributed by atoms with Crippen molar-refractivity contribution in [2.24, 2.45) is 0 Å². The average molecular weight is 412 g/mol. The topological polar surface area (TPSA) is 66.8 Å². The minimum Gasteiger partial charge on any atom is -0.481 e. The Labute approximate surface area is 157 Å². The van der Waals surface area contributed by atoms with Gasteiger partial charge in [-0.3, -0.25) is 9.69 Å². The van der Waals surface area contributed by atoms with Crippen LogP contribution in [0.4, 0.5) is 4.79 Å². The van der Waals surface area contributed by atoms with Crippen LogP contribution in [0.2, 0.25) is 0 Å². The highest BCUT2D eigenvalue weighted by Gasteiger charge is 2.49. The van der Waals surface area contributed by atoms with Crippen molar-refractivity contribution in [1.82, 2.24) is 4.90 Å². The van der Waals surface area contributed by atoms with Crippen LogP contribution in [0, 0.1) is 0 Å². The Morgan fingerprint density at radius 1 is 1.28 bits per heavy atom. The zero-order chi connectivity index (χ0) is 19.0. The number of benzene rings is 1. The van der Waals surface area contributed by atoms with Crippen molar-refractivity contribution >= 4 is 28.0 Å². The largest absolute Gasteiger partial charge is 0.481 e. The molecule has 1 aliphatic heterocycles. The first-order chi connectivity index (χ1) is 11.4. The van der Waals surface area contributed by atoms with Crippen LogP contribution in [0.3, 0.4) is 0 Å². The molecule has 1 saturated heterocycles. The first-order valence-corrected chi connectivity index (χ1v) is 9.22. The van der Waals surface area contributed by atoms with E-state index in [9.17, 15) is 14.7 Å². The quantitative estimate of drug-likeness (QED) is 0.775. The van der Waals surface area contributed by atoms with Gasteiger partial charge in [-0.1, -0.05) is 28.1 Å². The summed E-state index contributed by atoms with van der Waals surface area (Å²) in [6.45, 7) is 9.35. The zero-order valence-electron chi connectivity index (χ0n) is 15.4. The van der Waals surface area contributed by atoms with Crippen LogP contribution in [-0.2, 0) is 9.53 Å². The Kier molecular flexibility index (Phi) is 5.52. The van der Waals surface area contributed by atoms with E-state index in [0.29, 0.717) is 12.0 Å². The molecule has 1 fully saturated rings. The molecule has 1 aromatic rings. The highest BCUT2D eigenvalue weighted by Crippen LogP contribution is 2.41. The number of carbonyl (C=O) groups is 2. The molecule has 1 N–H and O–H groups in total.